The van der Waals surface area contributed by atoms with Gasteiger partial charge in [-0.05, 0) is 30.7 Å². The summed E-state index contributed by atoms with van der Waals surface area (Å²) in [5.41, 5.74) is 2.73. The number of esters is 1. The SMILES string of the molecule is COC(=O)c1ccccc1NCC(=O)Nc1ccccc1C. The maximum atomic E-state index is 12.0. The highest BCUT2D eigenvalue weighted by molar-refractivity contribution is 5.98. The van der Waals surface area contributed by atoms with Crippen LogP contribution in [0.25, 0.3) is 0 Å². The zero-order valence-corrected chi connectivity index (χ0v) is 12.6. The van der Waals surface area contributed by atoms with E-state index < -0.39 is 5.97 Å². The molecule has 22 heavy (non-hydrogen) atoms. The fraction of sp³-hybridized carbons (Fsp3) is 0.176. The predicted octanol–water partition coefficient (Wildman–Crippen LogP) is 2.83. The number of amides is 1. The smallest absolute Gasteiger partial charge is 0.339 e. The van der Waals surface area contributed by atoms with E-state index in [0.29, 0.717) is 11.3 Å². The van der Waals surface area contributed by atoms with Crippen molar-refractivity contribution in [2.75, 3.05) is 24.3 Å². The van der Waals surface area contributed by atoms with Gasteiger partial charge in [0, 0.05) is 11.4 Å². The molecular formula is C17H18N2O3. The summed E-state index contributed by atoms with van der Waals surface area (Å²) >= 11 is 0. The van der Waals surface area contributed by atoms with E-state index in [1.165, 1.54) is 7.11 Å². The van der Waals surface area contributed by atoms with E-state index in [9.17, 15) is 9.59 Å². The lowest BCUT2D eigenvalue weighted by atomic mass is 10.2. The molecule has 0 aliphatic rings. The third kappa shape index (κ3) is 3.85. The van der Waals surface area contributed by atoms with Crippen LogP contribution in [0.15, 0.2) is 48.5 Å². The van der Waals surface area contributed by atoms with Crippen molar-refractivity contribution >= 4 is 23.3 Å². The molecule has 0 spiro atoms. The van der Waals surface area contributed by atoms with Gasteiger partial charge in [0.15, 0.2) is 0 Å². The van der Waals surface area contributed by atoms with Gasteiger partial charge >= 0.3 is 5.97 Å². The summed E-state index contributed by atoms with van der Waals surface area (Å²) in [4.78, 5) is 23.7. The zero-order chi connectivity index (χ0) is 15.9. The third-order valence-corrected chi connectivity index (χ3v) is 3.19. The van der Waals surface area contributed by atoms with Crippen molar-refractivity contribution < 1.29 is 14.3 Å². The molecule has 0 fully saturated rings. The monoisotopic (exact) mass is 298 g/mol. The number of carbonyl (C=O) groups is 2. The number of hydrogen-bond donors (Lipinski definition) is 2. The molecule has 0 saturated heterocycles. The van der Waals surface area contributed by atoms with Crippen LogP contribution in [0.1, 0.15) is 15.9 Å². The second-order valence-electron chi connectivity index (χ2n) is 4.75. The number of para-hydroxylation sites is 2. The lowest BCUT2D eigenvalue weighted by molar-refractivity contribution is -0.114. The Hall–Kier alpha value is -2.82. The fourth-order valence-corrected chi connectivity index (χ4v) is 2.01. The van der Waals surface area contributed by atoms with Gasteiger partial charge in [-0.3, -0.25) is 4.79 Å². The summed E-state index contributed by atoms with van der Waals surface area (Å²) in [5.74, 6) is -0.628. The molecule has 0 aliphatic heterocycles. The van der Waals surface area contributed by atoms with E-state index in [4.69, 9.17) is 4.74 Å². The van der Waals surface area contributed by atoms with Gasteiger partial charge < -0.3 is 15.4 Å². The maximum Gasteiger partial charge on any atom is 0.339 e. The predicted molar refractivity (Wildman–Crippen MR) is 86.1 cm³/mol. The Kier molecular flexibility index (Phi) is 5.14. The molecule has 0 unspecified atom stereocenters. The Bertz CT molecular complexity index is 683. The van der Waals surface area contributed by atoms with Gasteiger partial charge in [0.25, 0.3) is 0 Å². The Labute approximate surface area is 129 Å². The third-order valence-electron chi connectivity index (χ3n) is 3.19. The van der Waals surface area contributed by atoms with Crippen molar-refractivity contribution in [3.05, 3.63) is 59.7 Å². The standard InChI is InChI=1S/C17H18N2O3/c1-12-7-3-5-9-14(12)19-16(20)11-18-15-10-6-4-8-13(15)17(21)22-2/h3-10,18H,11H2,1-2H3,(H,19,20). The Morgan fingerprint density at radius 3 is 2.32 bits per heavy atom. The number of hydrogen-bond acceptors (Lipinski definition) is 4. The first kappa shape index (κ1) is 15.6. The molecule has 0 aliphatic carbocycles. The summed E-state index contributed by atoms with van der Waals surface area (Å²) in [6, 6.07) is 14.4. The van der Waals surface area contributed by atoms with E-state index in [2.05, 4.69) is 10.6 Å². The van der Waals surface area contributed by atoms with Crippen LogP contribution in [-0.2, 0) is 9.53 Å². The van der Waals surface area contributed by atoms with Gasteiger partial charge in [0.2, 0.25) is 5.91 Å². The molecule has 2 aromatic rings. The van der Waals surface area contributed by atoms with Gasteiger partial charge in [-0.2, -0.15) is 0 Å². The van der Waals surface area contributed by atoms with Crippen molar-refractivity contribution in [3.8, 4) is 0 Å². The van der Waals surface area contributed by atoms with E-state index in [1.54, 1.807) is 24.3 Å². The van der Waals surface area contributed by atoms with Crippen LogP contribution >= 0.6 is 0 Å². The first-order valence-corrected chi connectivity index (χ1v) is 6.88. The number of nitrogens with one attached hydrogen (secondary N) is 2. The highest BCUT2D eigenvalue weighted by Gasteiger charge is 2.12. The second-order valence-corrected chi connectivity index (χ2v) is 4.75. The quantitative estimate of drug-likeness (QED) is 0.833. The average Bonchev–Trinajstić information content (AvgIpc) is 2.54. The highest BCUT2D eigenvalue weighted by Crippen LogP contribution is 2.16. The van der Waals surface area contributed by atoms with E-state index in [1.807, 2.05) is 31.2 Å². The molecule has 0 radical (unpaired) electrons. The van der Waals surface area contributed by atoms with Crippen molar-refractivity contribution in [1.82, 2.24) is 0 Å². The lowest BCUT2D eigenvalue weighted by Gasteiger charge is -2.12. The topological polar surface area (TPSA) is 67.4 Å². The molecule has 5 nitrogen and oxygen atoms in total. The lowest BCUT2D eigenvalue weighted by Crippen LogP contribution is -2.23. The summed E-state index contributed by atoms with van der Waals surface area (Å²) < 4.78 is 4.72. The zero-order valence-electron chi connectivity index (χ0n) is 12.6. The van der Waals surface area contributed by atoms with Crippen molar-refractivity contribution in [2.45, 2.75) is 6.92 Å². The van der Waals surface area contributed by atoms with Gasteiger partial charge in [0.05, 0.1) is 19.2 Å². The Morgan fingerprint density at radius 1 is 1.00 bits per heavy atom. The van der Waals surface area contributed by atoms with Crippen LogP contribution in [0.3, 0.4) is 0 Å². The van der Waals surface area contributed by atoms with Crippen molar-refractivity contribution in [2.24, 2.45) is 0 Å². The molecule has 0 atom stereocenters. The molecule has 0 saturated carbocycles. The molecule has 5 heteroatoms. The molecular weight excluding hydrogens is 280 g/mol. The molecule has 114 valence electrons. The van der Waals surface area contributed by atoms with Crippen LogP contribution in [0.4, 0.5) is 11.4 Å². The van der Waals surface area contributed by atoms with Gasteiger partial charge in [0.1, 0.15) is 0 Å². The number of aryl methyl sites for hydroxylation is 1. The van der Waals surface area contributed by atoms with Crippen LogP contribution in [0.2, 0.25) is 0 Å². The van der Waals surface area contributed by atoms with Crippen LogP contribution in [0, 0.1) is 6.92 Å². The van der Waals surface area contributed by atoms with Crippen LogP contribution in [0.5, 0.6) is 0 Å². The molecule has 2 aromatic carbocycles. The minimum absolute atomic E-state index is 0.0579. The second kappa shape index (κ2) is 7.26. The number of anilines is 2. The number of ether oxygens (including phenoxy) is 1. The highest BCUT2D eigenvalue weighted by atomic mass is 16.5. The molecule has 2 N–H and O–H groups in total. The van der Waals surface area contributed by atoms with Gasteiger partial charge in [-0.25, -0.2) is 4.79 Å². The summed E-state index contributed by atoms with van der Waals surface area (Å²) in [6.45, 7) is 1.98. The summed E-state index contributed by atoms with van der Waals surface area (Å²) in [5, 5.41) is 5.78. The van der Waals surface area contributed by atoms with Gasteiger partial charge in [-0.15, -0.1) is 0 Å². The molecule has 0 aromatic heterocycles. The average molecular weight is 298 g/mol. The first-order chi connectivity index (χ1) is 10.6. The number of carbonyl (C=O) groups excluding carboxylic acids is 2. The Morgan fingerprint density at radius 2 is 1.64 bits per heavy atom. The maximum absolute atomic E-state index is 12.0. The Balaban J connectivity index is 2.00. The first-order valence-electron chi connectivity index (χ1n) is 6.88. The van der Waals surface area contributed by atoms with Crippen LogP contribution in [-0.4, -0.2) is 25.5 Å². The number of rotatable bonds is 5. The molecule has 0 heterocycles. The molecule has 2 rings (SSSR count). The summed E-state index contributed by atoms with van der Waals surface area (Å²) in [6.07, 6.45) is 0. The minimum atomic E-state index is -0.442. The number of benzene rings is 2. The molecule has 1 amide bonds. The summed E-state index contributed by atoms with van der Waals surface area (Å²) in [7, 11) is 1.32. The number of methoxy groups -OCH3 is 1. The minimum Gasteiger partial charge on any atom is -0.465 e. The van der Waals surface area contributed by atoms with Crippen molar-refractivity contribution in [1.29, 1.82) is 0 Å². The largest absolute Gasteiger partial charge is 0.465 e. The fourth-order valence-electron chi connectivity index (χ4n) is 2.01. The van der Waals surface area contributed by atoms with E-state index in [-0.39, 0.29) is 12.5 Å². The normalized spacial score (nSPS) is 9.91. The van der Waals surface area contributed by atoms with Crippen molar-refractivity contribution in [3.63, 3.8) is 0 Å². The van der Waals surface area contributed by atoms with Crippen LogP contribution < -0.4 is 10.6 Å². The van der Waals surface area contributed by atoms with Gasteiger partial charge in [-0.1, -0.05) is 30.3 Å². The van der Waals surface area contributed by atoms with E-state index >= 15 is 0 Å². The molecule has 0 bridgehead atoms. The van der Waals surface area contributed by atoms with E-state index in [0.717, 1.165) is 11.3 Å².